The van der Waals surface area contributed by atoms with Gasteiger partial charge in [-0.15, -0.1) is 0 Å². The third-order valence-corrected chi connectivity index (χ3v) is 4.97. The molecule has 1 aromatic carbocycles. The van der Waals surface area contributed by atoms with Gasteiger partial charge >= 0.3 is 0 Å². The molecule has 21 heavy (non-hydrogen) atoms. The van der Waals surface area contributed by atoms with Gasteiger partial charge in [-0.3, -0.25) is 10.1 Å². The molecule has 3 atom stereocenters. The lowest BCUT2D eigenvalue weighted by atomic mass is 9.56. The molecule has 2 aliphatic rings. The summed E-state index contributed by atoms with van der Waals surface area (Å²) in [6.45, 7) is 4.99. The monoisotopic (exact) mass is 294 g/mol. The van der Waals surface area contributed by atoms with Crippen LogP contribution in [0.15, 0.2) is 18.2 Å². The van der Waals surface area contributed by atoms with Crippen molar-refractivity contribution in [1.82, 2.24) is 0 Å². The highest BCUT2D eigenvalue weighted by atomic mass is 19.1. The van der Waals surface area contributed by atoms with Gasteiger partial charge in [-0.05, 0) is 18.6 Å². The third-order valence-electron chi connectivity index (χ3n) is 4.97. The molecule has 0 aromatic heterocycles. The Labute approximate surface area is 122 Å². The maximum Gasteiger partial charge on any atom is 0.295 e. The summed E-state index contributed by atoms with van der Waals surface area (Å²) in [6.07, 6.45) is 1.18. The van der Waals surface area contributed by atoms with Crippen LogP contribution in [0, 0.1) is 27.3 Å². The van der Waals surface area contributed by atoms with Crippen LogP contribution in [0.4, 0.5) is 15.8 Å². The molecule has 1 saturated carbocycles. The minimum absolute atomic E-state index is 0.0713. The summed E-state index contributed by atoms with van der Waals surface area (Å²) in [7, 11) is 1.85. The standard InChI is InChI=1S/C15H19FN2O3/c1-15(2)13(10-6-7-21-14(10)15)17(3)11-5-4-9(16)8-12(11)18(19)20/h4-5,8,10,13-14H,6-7H2,1-3H3. The third kappa shape index (κ3) is 2.00. The Morgan fingerprint density at radius 2 is 2.19 bits per heavy atom. The smallest absolute Gasteiger partial charge is 0.295 e. The fourth-order valence-corrected chi connectivity index (χ4v) is 4.17. The minimum Gasteiger partial charge on any atom is -0.377 e. The molecule has 1 aromatic rings. The van der Waals surface area contributed by atoms with Crippen LogP contribution >= 0.6 is 0 Å². The molecule has 1 saturated heterocycles. The number of nitrogens with zero attached hydrogens (tertiary/aromatic N) is 2. The van der Waals surface area contributed by atoms with E-state index in [0.29, 0.717) is 11.6 Å². The predicted molar refractivity (Wildman–Crippen MR) is 76.9 cm³/mol. The van der Waals surface area contributed by atoms with Gasteiger partial charge in [0.2, 0.25) is 0 Å². The summed E-state index contributed by atoms with van der Waals surface area (Å²) in [6, 6.07) is 3.91. The number of hydrogen-bond acceptors (Lipinski definition) is 4. The Kier molecular flexibility index (Phi) is 3.16. The van der Waals surface area contributed by atoms with Crippen LogP contribution < -0.4 is 4.90 Å². The summed E-state index contributed by atoms with van der Waals surface area (Å²) in [5, 5.41) is 11.2. The molecule has 0 bridgehead atoms. The van der Waals surface area contributed by atoms with Gasteiger partial charge in [-0.2, -0.15) is 0 Å². The summed E-state index contributed by atoms with van der Waals surface area (Å²) >= 11 is 0. The summed E-state index contributed by atoms with van der Waals surface area (Å²) < 4.78 is 19.1. The lowest BCUT2D eigenvalue weighted by molar-refractivity contribution is -0.384. The molecule has 6 heteroatoms. The van der Waals surface area contributed by atoms with Crippen LogP contribution in [0.2, 0.25) is 0 Å². The maximum absolute atomic E-state index is 13.3. The first-order chi connectivity index (χ1) is 9.84. The van der Waals surface area contributed by atoms with Gasteiger partial charge in [0.15, 0.2) is 0 Å². The van der Waals surface area contributed by atoms with Crippen LogP contribution in [-0.2, 0) is 4.74 Å². The van der Waals surface area contributed by atoms with Crippen LogP contribution in [0.3, 0.4) is 0 Å². The number of anilines is 1. The average molecular weight is 294 g/mol. The second kappa shape index (κ2) is 4.66. The molecule has 114 valence electrons. The average Bonchev–Trinajstić information content (AvgIpc) is 2.84. The minimum atomic E-state index is -0.589. The quantitative estimate of drug-likeness (QED) is 0.635. The van der Waals surface area contributed by atoms with Crippen LogP contribution in [0.5, 0.6) is 0 Å². The number of nitro benzene ring substituents is 1. The van der Waals surface area contributed by atoms with Crippen molar-refractivity contribution in [3.63, 3.8) is 0 Å². The van der Waals surface area contributed by atoms with Crippen molar-refractivity contribution >= 4 is 11.4 Å². The van der Waals surface area contributed by atoms with E-state index in [1.165, 1.54) is 12.1 Å². The van der Waals surface area contributed by atoms with E-state index in [9.17, 15) is 14.5 Å². The Bertz CT molecular complexity index is 590. The highest BCUT2D eigenvalue weighted by molar-refractivity contribution is 5.64. The number of rotatable bonds is 3. The van der Waals surface area contributed by atoms with Gasteiger partial charge in [-0.25, -0.2) is 4.39 Å². The van der Waals surface area contributed by atoms with Crippen LogP contribution in [0.25, 0.3) is 0 Å². The van der Waals surface area contributed by atoms with E-state index in [1.54, 1.807) is 0 Å². The normalized spacial score (nSPS) is 29.6. The van der Waals surface area contributed by atoms with Gasteiger partial charge in [-0.1, -0.05) is 13.8 Å². The molecule has 3 rings (SSSR count). The first kappa shape index (κ1) is 14.3. The molecule has 0 radical (unpaired) electrons. The lowest BCUT2D eigenvalue weighted by Crippen LogP contribution is -2.66. The molecule has 0 amide bonds. The fraction of sp³-hybridized carbons (Fsp3) is 0.600. The Hall–Kier alpha value is -1.69. The molecular formula is C15H19FN2O3. The van der Waals surface area contributed by atoms with Gasteiger partial charge in [0, 0.05) is 31.0 Å². The second-order valence-electron chi connectivity index (χ2n) is 6.51. The highest BCUT2D eigenvalue weighted by Gasteiger charge is 2.61. The van der Waals surface area contributed by atoms with Gasteiger partial charge in [0.05, 0.1) is 17.1 Å². The molecule has 5 nitrogen and oxygen atoms in total. The lowest BCUT2D eigenvalue weighted by Gasteiger charge is -2.58. The number of ether oxygens (including phenoxy) is 1. The number of benzene rings is 1. The topological polar surface area (TPSA) is 55.6 Å². The van der Waals surface area contributed by atoms with Crippen molar-refractivity contribution in [3.8, 4) is 0 Å². The first-order valence-corrected chi connectivity index (χ1v) is 7.12. The van der Waals surface area contributed by atoms with Crippen molar-refractivity contribution in [2.24, 2.45) is 11.3 Å². The number of hydrogen-bond donors (Lipinski definition) is 0. The number of fused-ring (bicyclic) bond motifs is 1. The van der Waals surface area contributed by atoms with Crippen molar-refractivity contribution in [1.29, 1.82) is 0 Å². The second-order valence-corrected chi connectivity index (χ2v) is 6.51. The largest absolute Gasteiger partial charge is 0.377 e. The van der Waals surface area contributed by atoms with E-state index in [2.05, 4.69) is 13.8 Å². The summed E-state index contributed by atoms with van der Waals surface area (Å²) in [5.74, 6) is -0.205. The SMILES string of the molecule is CN(c1ccc(F)cc1[N+](=O)[O-])C1C2CCOC2C1(C)C. The summed E-state index contributed by atoms with van der Waals surface area (Å²) in [5.41, 5.74) is 0.207. The van der Waals surface area contributed by atoms with E-state index < -0.39 is 10.7 Å². The van der Waals surface area contributed by atoms with Gasteiger partial charge in [0.25, 0.3) is 5.69 Å². The van der Waals surface area contributed by atoms with Crippen molar-refractivity contribution in [2.75, 3.05) is 18.6 Å². The molecule has 0 N–H and O–H groups in total. The van der Waals surface area contributed by atoms with E-state index >= 15 is 0 Å². The van der Waals surface area contributed by atoms with E-state index in [4.69, 9.17) is 4.74 Å². The zero-order valence-electron chi connectivity index (χ0n) is 12.4. The molecule has 3 unspecified atom stereocenters. The molecular weight excluding hydrogens is 275 g/mol. The van der Waals surface area contributed by atoms with E-state index in [1.807, 2.05) is 11.9 Å². The Morgan fingerprint density at radius 1 is 1.48 bits per heavy atom. The summed E-state index contributed by atoms with van der Waals surface area (Å²) in [4.78, 5) is 12.6. The van der Waals surface area contributed by atoms with Gasteiger partial charge in [0.1, 0.15) is 11.5 Å². The molecule has 0 spiro atoms. The van der Waals surface area contributed by atoms with Gasteiger partial charge < -0.3 is 9.64 Å². The highest BCUT2D eigenvalue weighted by Crippen LogP contribution is 2.55. The predicted octanol–water partition coefficient (Wildman–Crippen LogP) is 2.98. The van der Waals surface area contributed by atoms with Crippen molar-refractivity contribution in [3.05, 3.63) is 34.1 Å². The Morgan fingerprint density at radius 3 is 2.86 bits per heavy atom. The number of halogens is 1. The zero-order valence-corrected chi connectivity index (χ0v) is 12.4. The van der Waals surface area contributed by atoms with Crippen LogP contribution in [0.1, 0.15) is 20.3 Å². The molecule has 2 fully saturated rings. The molecule has 1 aliphatic heterocycles. The van der Waals surface area contributed by atoms with E-state index in [0.717, 1.165) is 19.1 Å². The van der Waals surface area contributed by atoms with Crippen LogP contribution in [-0.4, -0.2) is 30.7 Å². The van der Waals surface area contributed by atoms with Crippen molar-refractivity contribution < 1.29 is 14.1 Å². The fourth-order valence-electron chi connectivity index (χ4n) is 4.17. The van der Waals surface area contributed by atoms with Crippen molar-refractivity contribution in [2.45, 2.75) is 32.4 Å². The number of nitro groups is 1. The first-order valence-electron chi connectivity index (χ1n) is 7.12. The Balaban J connectivity index is 1.96. The zero-order chi connectivity index (χ0) is 15.4. The van der Waals surface area contributed by atoms with E-state index in [-0.39, 0.29) is 23.2 Å². The molecule has 1 heterocycles. The maximum atomic E-state index is 13.3. The molecule has 1 aliphatic carbocycles.